The number of rotatable bonds is 1. The third-order valence-corrected chi connectivity index (χ3v) is 7.65. The number of hydrogen-bond acceptors (Lipinski definition) is 3. The van der Waals surface area contributed by atoms with E-state index in [2.05, 4.69) is 33.1 Å². The summed E-state index contributed by atoms with van der Waals surface area (Å²) in [6.07, 6.45) is 6.83. The molecule has 3 aliphatic rings. The van der Waals surface area contributed by atoms with Gasteiger partial charge in [0.05, 0.1) is 27.0 Å². The van der Waals surface area contributed by atoms with Crippen molar-refractivity contribution in [1.29, 1.82) is 0 Å². The summed E-state index contributed by atoms with van der Waals surface area (Å²) < 4.78 is 2.24. The van der Waals surface area contributed by atoms with Crippen molar-refractivity contribution in [1.82, 2.24) is 14.9 Å². The van der Waals surface area contributed by atoms with Crippen LogP contribution in [0.5, 0.6) is 0 Å². The molecular weight excluding hydrogens is 406 g/mol. The Labute approximate surface area is 188 Å². The van der Waals surface area contributed by atoms with Crippen LogP contribution in [0, 0.1) is 0 Å². The van der Waals surface area contributed by atoms with E-state index in [-0.39, 0.29) is 11.0 Å². The fourth-order valence-electron chi connectivity index (χ4n) is 5.93. The van der Waals surface area contributed by atoms with Crippen LogP contribution < -0.4 is 10.9 Å². The van der Waals surface area contributed by atoms with Crippen molar-refractivity contribution in [2.45, 2.75) is 63.7 Å². The topological polar surface area (TPSA) is 46.9 Å². The van der Waals surface area contributed by atoms with Crippen molar-refractivity contribution in [2.75, 3.05) is 13.1 Å². The zero-order valence-corrected chi connectivity index (χ0v) is 19.1. The van der Waals surface area contributed by atoms with Gasteiger partial charge in [-0.05, 0) is 74.0 Å². The van der Waals surface area contributed by atoms with Gasteiger partial charge in [-0.25, -0.2) is 0 Å². The first-order valence-corrected chi connectivity index (χ1v) is 12.1. The van der Waals surface area contributed by atoms with Gasteiger partial charge in [0.25, 0.3) is 5.56 Å². The van der Waals surface area contributed by atoms with Gasteiger partial charge in [0.15, 0.2) is 0 Å². The molecule has 31 heavy (non-hydrogen) atoms. The molecule has 2 fully saturated rings. The van der Waals surface area contributed by atoms with E-state index in [0.717, 1.165) is 37.3 Å². The molecule has 3 heterocycles. The zero-order valence-electron chi connectivity index (χ0n) is 18.4. The van der Waals surface area contributed by atoms with Gasteiger partial charge in [0.1, 0.15) is 5.82 Å². The molecule has 1 saturated carbocycles. The monoisotopic (exact) mass is 435 g/mol. The molecular formula is C26H30ClN3O. The van der Waals surface area contributed by atoms with Gasteiger partial charge < -0.3 is 5.32 Å². The molecule has 0 atom stereocenters. The first-order valence-electron chi connectivity index (χ1n) is 11.8. The molecule has 1 N–H and O–H groups in total. The lowest BCUT2D eigenvalue weighted by atomic mass is 9.78. The summed E-state index contributed by atoms with van der Waals surface area (Å²) in [5.41, 5.74) is 4.51. The molecule has 1 spiro atoms. The summed E-state index contributed by atoms with van der Waals surface area (Å²) in [4.78, 5) is 17.6. The highest BCUT2D eigenvalue weighted by Gasteiger charge is 2.47. The van der Waals surface area contributed by atoms with Crippen LogP contribution in [0.2, 0.25) is 5.02 Å². The molecule has 4 nitrogen and oxygen atoms in total. The Balaban J connectivity index is 0.000000994. The van der Waals surface area contributed by atoms with E-state index >= 15 is 0 Å². The van der Waals surface area contributed by atoms with Crippen LogP contribution in [0.3, 0.4) is 0 Å². The van der Waals surface area contributed by atoms with E-state index in [1.54, 1.807) is 6.07 Å². The van der Waals surface area contributed by atoms with E-state index in [1.807, 2.05) is 26.0 Å². The number of piperidine rings is 1. The Morgan fingerprint density at radius 2 is 1.84 bits per heavy atom. The predicted octanol–water partition coefficient (Wildman–Crippen LogP) is 5.71. The maximum Gasteiger partial charge on any atom is 0.282 e. The molecule has 0 unspecified atom stereocenters. The Morgan fingerprint density at radius 1 is 1.10 bits per heavy atom. The van der Waals surface area contributed by atoms with Crippen LogP contribution in [0.25, 0.3) is 16.6 Å². The molecule has 6 rings (SSSR count). The van der Waals surface area contributed by atoms with Gasteiger partial charge in [0.2, 0.25) is 0 Å². The fourth-order valence-corrected chi connectivity index (χ4v) is 6.18. The quantitative estimate of drug-likeness (QED) is 0.532. The molecule has 0 bridgehead atoms. The minimum absolute atomic E-state index is 0.127. The maximum absolute atomic E-state index is 12.9. The SMILES string of the molecule is CC.O=c1nc2n(c3cccc(Cl)c13)-c1cc(C3CCNCC3)ccc1C21CCCC1. The number of benzene rings is 2. The molecule has 3 aromatic rings. The average molecular weight is 436 g/mol. The van der Waals surface area contributed by atoms with Crippen molar-refractivity contribution < 1.29 is 0 Å². The first kappa shape index (κ1) is 20.7. The van der Waals surface area contributed by atoms with Crippen molar-refractivity contribution in [2.24, 2.45) is 0 Å². The third-order valence-electron chi connectivity index (χ3n) is 7.34. The number of fused-ring (bicyclic) bond motifs is 7. The largest absolute Gasteiger partial charge is 0.317 e. The van der Waals surface area contributed by atoms with E-state index in [4.69, 9.17) is 11.6 Å². The van der Waals surface area contributed by atoms with Crippen molar-refractivity contribution >= 4 is 22.5 Å². The van der Waals surface area contributed by atoms with Crippen LogP contribution in [0.15, 0.2) is 41.2 Å². The van der Waals surface area contributed by atoms with Gasteiger partial charge in [-0.2, -0.15) is 4.98 Å². The molecule has 0 amide bonds. The highest BCUT2D eigenvalue weighted by Crippen LogP contribution is 2.53. The Bertz CT molecular complexity index is 1190. The molecule has 1 aliphatic carbocycles. The molecule has 1 aromatic heterocycles. The van der Waals surface area contributed by atoms with E-state index in [9.17, 15) is 4.79 Å². The van der Waals surface area contributed by atoms with Crippen LogP contribution in [0.1, 0.15) is 75.2 Å². The summed E-state index contributed by atoms with van der Waals surface area (Å²) in [6, 6.07) is 12.8. The number of hydrogen-bond donors (Lipinski definition) is 1. The predicted molar refractivity (Wildman–Crippen MR) is 128 cm³/mol. The van der Waals surface area contributed by atoms with Crippen molar-refractivity contribution in [3.05, 3.63) is 68.7 Å². The summed E-state index contributed by atoms with van der Waals surface area (Å²) in [6.45, 7) is 6.16. The second-order valence-corrected chi connectivity index (χ2v) is 9.21. The van der Waals surface area contributed by atoms with Gasteiger partial charge in [-0.15, -0.1) is 0 Å². The van der Waals surface area contributed by atoms with Crippen molar-refractivity contribution in [3.8, 4) is 5.69 Å². The molecule has 2 aliphatic heterocycles. The Kier molecular flexibility index (Phi) is 5.39. The standard InChI is InChI=1S/C24H24ClN3O.C2H6/c25-18-4-3-5-19-21(18)22(29)27-23-24(10-1-2-11-24)17-7-6-16(14-20(17)28(19)23)15-8-12-26-13-9-15;1-2/h3-7,14-15,26H,1-2,8-13H2;1-2H3. The normalized spacial score (nSPS) is 19.2. The van der Waals surface area contributed by atoms with E-state index < -0.39 is 0 Å². The number of halogens is 1. The average Bonchev–Trinajstić information content (AvgIpc) is 3.40. The molecule has 5 heteroatoms. The number of nitrogens with zero attached hydrogens (tertiary/aromatic N) is 2. The summed E-state index contributed by atoms with van der Waals surface area (Å²) in [5.74, 6) is 1.51. The Morgan fingerprint density at radius 3 is 2.58 bits per heavy atom. The third kappa shape index (κ3) is 3.07. The highest BCUT2D eigenvalue weighted by molar-refractivity contribution is 6.35. The summed E-state index contributed by atoms with van der Waals surface area (Å²) in [5, 5.41) is 4.48. The Hall–Kier alpha value is -2.17. The molecule has 2 aromatic carbocycles. The summed E-state index contributed by atoms with van der Waals surface area (Å²) in [7, 11) is 0. The minimum atomic E-state index is -0.200. The smallest absolute Gasteiger partial charge is 0.282 e. The number of aromatic nitrogens is 2. The second kappa shape index (κ2) is 8.07. The molecule has 1 saturated heterocycles. The van der Waals surface area contributed by atoms with Gasteiger partial charge in [-0.3, -0.25) is 9.36 Å². The van der Waals surface area contributed by atoms with Crippen molar-refractivity contribution in [3.63, 3.8) is 0 Å². The van der Waals surface area contributed by atoms with E-state index in [1.165, 1.54) is 42.5 Å². The first-order chi connectivity index (χ1) is 15.2. The van der Waals surface area contributed by atoms with E-state index in [0.29, 0.717) is 16.3 Å². The van der Waals surface area contributed by atoms with Gasteiger partial charge >= 0.3 is 0 Å². The molecule has 0 radical (unpaired) electrons. The van der Waals surface area contributed by atoms with Crippen LogP contribution in [-0.4, -0.2) is 22.6 Å². The maximum atomic E-state index is 12.9. The second-order valence-electron chi connectivity index (χ2n) is 8.80. The highest BCUT2D eigenvalue weighted by atomic mass is 35.5. The molecule has 162 valence electrons. The number of nitrogens with one attached hydrogen (secondary N) is 1. The van der Waals surface area contributed by atoms with Crippen LogP contribution >= 0.6 is 11.6 Å². The lowest BCUT2D eigenvalue weighted by Gasteiger charge is -2.25. The fraction of sp³-hybridized carbons (Fsp3) is 0.462. The lowest BCUT2D eigenvalue weighted by Crippen LogP contribution is -2.27. The van der Waals surface area contributed by atoms with Crippen LogP contribution in [-0.2, 0) is 5.41 Å². The lowest BCUT2D eigenvalue weighted by molar-refractivity contribution is 0.460. The minimum Gasteiger partial charge on any atom is -0.317 e. The zero-order chi connectivity index (χ0) is 21.6. The van der Waals surface area contributed by atoms with Gasteiger partial charge in [-0.1, -0.05) is 56.5 Å². The van der Waals surface area contributed by atoms with Gasteiger partial charge in [0, 0.05) is 0 Å². The van der Waals surface area contributed by atoms with Crippen LogP contribution in [0.4, 0.5) is 0 Å². The summed E-state index contributed by atoms with van der Waals surface area (Å²) >= 11 is 6.44.